The van der Waals surface area contributed by atoms with E-state index in [0.717, 1.165) is 12.0 Å². The molecule has 0 bridgehead atoms. The van der Waals surface area contributed by atoms with Gasteiger partial charge in [0.25, 0.3) is 0 Å². The zero-order valence-corrected chi connectivity index (χ0v) is 31.8. The largest absolute Gasteiger partial charge is 0.462 e. The van der Waals surface area contributed by atoms with Crippen molar-refractivity contribution in [1.82, 2.24) is 10.1 Å². The van der Waals surface area contributed by atoms with E-state index in [1.54, 1.807) is 19.1 Å². The highest BCUT2D eigenvalue weighted by atomic mass is 16.6. The van der Waals surface area contributed by atoms with Crippen molar-refractivity contribution >= 4 is 17.9 Å². The van der Waals surface area contributed by atoms with Crippen LogP contribution in [0.2, 0.25) is 0 Å². The Hall–Kier alpha value is -2.53. The summed E-state index contributed by atoms with van der Waals surface area (Å²) in [6.45, 7) is 26.6. The van der Waals surface area contributed by atoms with Crippen LogP contribution in [-0.4, -0.2) is 79.4 Å². The molecule has 0 aromatic carbocycles. The summed E-state index contributed by atoms with van der Waals surface area (Å²) >= 11 is 0. The molecule has 0 aromatic heterocycles. The smallest absolute Gasteiger partial charge is 0.338 e. The lowest BCUT2D eigenvalue weighted by atomic mass is 9.77. The Morgan fingerprint density at radius 3 is 1.50 bits per heavy atom. The fourth-order valence-electron chi connectivity index (χ4n) is 7.51. The van der Waals surface area contributed by atoms with Gasteiger partial charge in [-0.1, -0.05) is 37.5 Å². The van der Waals surface area contributed by atoms with E-state index in [1.807, 2.05) is 76.2 Å². The van der Waals surface area contributed by atoms with Crippen LogP contribution in [0.1, 0.15) is 141 Å². The Balaban J connectivity index is 2.43. The first-order valence-electron chi connectivity index (χ1n) is 17.5. The molecule has 0 amide bonds. The van der Waals surface area contributed by atoms with Crippen molar-refractivity contribution in [3.05, 3.63) is 35.5 Å². The third-order valence-corrected chi connectivity index (χ3v) is 9.55. The molecule has 0 radical (unpaired) electrons. The number of esters is 3. The molecule has 10 nitrogen and oxygen atoms in total. The van der Waals surface area contributed by atoms with Gasteiger partial charge in [-0.3, -0.25) is 9.59 Å². The number of rotatable bonds is 14. The number of carbonyl (C=O) groups is 3. The van der Waals surface area contributed by atoms with Gasteiger partial charge in [0.05, 0.1) is 12.2 Å². The highest BCUT2D eigenvalue weighted by Crippen LogP contribution is 2.43. The van der Waals surface area contributed by atoms with E-state index < -0.39 is 57.7 Å². The van der Waals surface area contributed by atoms with Gasteiger partial charge in [0, 0.05) is 47.8 Å². The van der Waals surface area contributed by atoms with E-state index in [0.29, 0.717) is 43.3 Å². The van der Waals surface area contributed by atoms with Gasteiger partial charge in [-0.15, -0.1) is 0 Å². The average molecular weight is 677 g/mol. The molecule has 0 aliphatic carbocycles. The molecule has 2 aliphatic heterocycles. The minimum Gasteiger partial charge on any atom is -0.462 e. The average Bonchev–Trinajstić information content (AvgIpc) is 2.92. The summed E-state index contributed by atoms with van der Waals surface area (Å²) in [6, 6.07) is 0. The summed E-state index contributed by atoms with van der Waals surface area (Å²) in [5.41, 5.74) is -2.27. The van der Waals surface area contributed by atoms with Crippen LogP contribution in [-0.2, 0) is 28.6 Å². The predicted octanol–water partition coefficient (Wildman–Crippen LogP) is 7.86. The van der Waals surface area contributed by atoms with Gasteiger partial charge in [0.2, 0.25) is 0 Å². The molecule has 0 unspecified atom stereocenters. The number of ether oxygens (including phenoxy) is 3. The van der Waals surface area contributed by atoms with Crippen molar-refractivity contribution in [2.24, 2.45) is 5.41 Å². The second kappa shape index (κ2) is 16.0. The van der Waals surface area contributed by atoms with Gasteiger partial charge in [-0.05, 0) is 108 Å². The van der Waals surface area contributed by atoms with Gasteiger partial charge in [-0.2, -0.15) is 10.1 Å². The fraction of sp³-hybridized carbons (Fsp3) is 0.763. The molecular weight excluding hydrogens is 612 g/mol. The highest BCUT2D eigenvalue weighted by Gasteiger charge is 2.54. The third-order valence-electron chi connectivity index (χ3n) is 9.55. The second-order valence-corrected chi connectivity index (χ2v) is 16.8. The molecule has 2 aliphatic rings. The van der Waals surface area contributed by atoms with Gasteiger partial charge in [-0.25, -0.2) is 4.79 Å². The number of hydrogen-bond acceptors (Lipinski definition) is 10. The van der Waals surface area contributed by atoms with Crippen molar-refractivity contribution in [3.8, 4) is 0 Å². The summed E-state index contributed by atoms with van der Waals surface area (Å²) in [5, 5.41) is 24.3. The number of allylic oxidation sites excluding steroid dienone is 3. The van der Waals surface area contributed by atoms with E-state index in [-0.39, 0.29) is 25.9 Å². The summed E-state index contributed by atoms with van der Waals surface area (Å²) < 4.78 is 18.1. The first-order valence-corrected chi connectivity index (χ1v) is 17.5. The first kappa shape index (κ1) is 41.6. The number of hydroxylamine groups is 4. The van der Waals surface area contributed by atoms with E-state index in [2.05, 4.69) is 6.58 Å². The summed E-state index contributed by atoms with van der Waals surface area (Å²) in [4.78, 5) is 41.9. The van der Waals surface area contributed by atoms with E-state index in [9.17, 15) is 24.8 Å². The maximum atomic E-state index is 14.4. The quantitative estimate of drug-likeness (QED) is 0.0469. The maximum absolute atomic E-state index is 14.4. The zero-order valence-electron chi connectivity index (χ0n) is 31.8. The Bertz CT molecular complexity index is 1150. The van der Waals surface area contributed by atoms with Crippen LogP contribution < -0.4 is 0 Å². The molecule has 0 aromatic rings. The van der Waals surface area contributed by atoms with Crippen LogP contribution in [0.4, 0.5) is 0 Å². The van der Waals surface area contributed by atoms with Crippen molar-refractivity contribution in [2.45, 2.75) is 175 Å². The SMILES string of the molecule is C=C(C)/C=C(\C=C(C)C)C(=O)OCCCC(CCCC)(C(=O)OC1CC(C)(C)N(O)C(C)(C)C1)C(=O)OC1CC(C)(C)N(O)C(C)(C)C1. The fourth-order valence-corrected chi connectivity index (χ4v) is 7.51. The van der Waals surface area contributed by atoms with Crippen LogP contribution in [0.25, 0.3) is 0 Å². The second-order valence-electron chi connectivity index (χ2n) is 16.8. The van der Waals surface area contributed by atoms with E-state index in [4.69, 9.17) is 14.2 Å². The standard InChI is InChI=1S/C38H64N2O8/c1-14-15-17-38(18-16-19-46-31(41)28(20-26(2)3)21-27(4)5,32(42)47-29-22-34(6,7)39(44)35(8,9)23-29)33(43)48-30-24-36(10,11)40(45)37(12,13)25-30/h20-21,29-30,44-45H,2,14-19,22-25H2,1,3-13H3/b28-20+. The number of nitrogens with zero attached hydrogens (tertiary/aromatic N) is 2. The zero-order chi connectivity index (χ0) is 36.9. The van der Waals surface area contributed by atoms with E-state index in [1.165, 1.54) is 10.1 Å². The molecule has 274 valence electrons. The van der Waals surface area contributed by atoms with Gasteiger partial charge >= 0.3 is 17.9 Å². The number of carbonyl (C=O) groups excluding carboxylic acids is 3. The maximum Gasteiger partial charge on any atom is 0.338 e. The van der Waals surface area contributed by atoms with Crippen molar-refractivity contribution in [3.63, 3.8) is 0 Å². The normalized spacial score (nSPS) is 21.7. The van der Waals surface area contributed by atoms with Gasteiger partial charge < -0.3 is 24.6 Å². The number of hydrogen-bond donors (Lipinski definition) is 2. The Kier molecular flexibility index (Phi) is 13.9. The molecule has 2 heterocycles. The highest BCUT2D eigenvalue weighted by molar-refractivity contribution is 6.00. The lowest BCUT2D eigenvalue weighted by Crippen LogP contribution is -2.61. The van der Waals surface area contributed by atoms with Crippen LogP contribution >= 0.6 is 0 Å². The summed E-state index contributed by atoms with van der Waals surface area (Å²) in [5.74, 6) is -1.81. The molecule has 0 saturated carbocycles. The van der Waals surface area contributed by atoms with Crippen LogP contribution in [0.3, 0.4) is 0 Å². The van der Waals surface area contributed by atoms with Crippen molar-refractivity contribution in [1.29, 1.82) is 0 Å². The van der Waals surface area contributed by atoms with Crippen molar-refractivity contribution < 1.29 is 39.0 Å². The molecule has 2 fully saturated rings. The molecule has 2 saturated heterocycles. The summed E-state index contributed by atoms with van der Waals surface area (Å²) in [7, 11) is 0. The van der Waals surface area contributed by atoms with Gasteiger partial charge in [0.1, 0.15) is 12.2 Å². The topological polar surface area (TPSA) is 126 Å². The first-order chi connectivity index (χ1) is 21.9. The molecule has 2 rings (SSSR count). The third kappa shape index (κ3) is 10.5. The number of unbranched alkanes of at least 4 members (excludes halogenated alkanes) is 1. The lowest BCUT2D eigenvalue weighted by molar-refractivity contribution is -0.263. The van der Waals surface area contributed by atoms with E-state index >= 15 is 0 Å². The minimum absolute atomic E-state index is 0.0106. The Morgan fingerprint density at radius 1 is 0.750 bits per heavy atom. The molecule has 0 spiro atoms. The van der Waals surface area contributed by atoms with Crippen LogP contribution in [0, 0.1) is 5.41 Å². The van der Waals surface area contributed by atoms with Crippen LogP contribution in [0.5, 0.6) is 0 Å². The molecule has 2 N–H and O–H groups in total. The molecule has 48 heavy (non-hydrogen) atoms. The van der Waals surface area contributed by atoms with Crippen molar-refractivity contribution in [2.75, 3.05) is 6.61 Å². The Morgan fingerprint density at radius 2 is 1.15 bits per heavy atom. The van der Waals surface area contributed by atoms with Crippen LogP contribution in [0.15, 0.2) is 35.5 Å². The predicted molar refractivity (Wildman–Crippen MR) is 186 cm³/mol. The summed E-state index contributed by atoms with van der Waals surface area (Å²) in [6.07, 6.45) is 5.69. The Labute approximate surface area is 289 Å². The molecular formula is C38H64N2O8. The lowest BCUT2D eigenvalue weighted by Gasteiger charge is -2.51. The molecule has 0 atom stereocenters. The monoisotopic (exact) mass is 676 g/mol. The molecule has 10 heteroatoms. The van der Waals surface area contributed by atoms with Gasteiger partial charge in [0.15, 0.2) is 5.41 Å². The number of piperidine rings is 2. The minimum atomic E-state index is -1.63.